The molecule has 0 radical (unpaired) electrons. The number of benzene rings is 1. The number of amides is 2. The Kier molecular flexibility index (Phi) is 7.34. The number of hydrogen-bond acceptors (Lipinski definition) is 1. The van der Waals surface area contributed by atoms with E-state index < -0.39 is 17.8 Å². The first-order valence-electron chi connectivity index (χ1n) is 10.7. The van der Waals surface area contributed by atoms with Gasteiger partial charge in [-0.3, -0.25) is 4.48 Å². The first-order chi connectivity index (χ1) is 14.2. The smallest absolute Gasteiger partial charge is 0.335 e. The van der Waals surface area contributed by atoms with Crippen LogP contribution < -0.4 is 10.6 Å². The van der Waals surface area contributed by atoms with Crippen molar-refractivity contribution in [1.29, 1.82) is 0 Å². The number of allylic oxidation sites excluding steroid dienone is 2. The van der Waals surface area contributed by atoms with Crippen LogP contribution in [-0.4, -0.2) is 36.7 Å². The molecule has 4 nitrogen and oxygen atoms in total. The zero-order valence-corrected chi connectivity index (χ0v) is 18.1. The minimum atomic E-state index is -4.57. The van der Waals surface area contributed by atoms with Crippen molar-refractivity contribution in [3.63, 3.8) is 0 Å². The van der Waals surface area contributed by atoms with Crippen LogP contribution in [0.5, 0.6) is 0 Å². The zero-order valence-electron chi connectivity index (χ0n) is 17.3. The summed E-state index contributed by atoms with van der Waals surface area (Å²) in [4.78, 5) is 12.3. The van der Waals surface area contributed by atoms with Gasteiger partial charge in [0.25, 0.3) is 0 Å². The highest BCUT2D eigenvalue weighted by Crippen LogP contribution is 2.36. The molecule has 1 heterocycles. The summed E-state index contributed by atoms with van der Waals surface area (Å²) >= 11 is 5.63. The third-order valence-corrected chi connectivity index (χ3v) is 6.60. The van der Waals surface area contributed by atoms with Gasteiger partial charge in [-0.25, -0.2) is 4.79 Å². The van der Waals surface area contributed by atoms with Gasteiger partial charge in [0.15, 0.2) is 0 Å². The number of carbonyl (C=O) groups is 1. The second-order valence-corrected chi connectivity index (χ2v) is 8.96. The number of hydrogen-bond donors (Lipinski definition) is 2. The maximum atomic E-state index is 13.0. The van der Waals surface area contributed by atoms with E-state index in [1.165, 1.54) is 37.4 Å². The summed E-state index contributed by atoms with van der Waals surface area (Å²) in [6.07, 6.45) is 6.93. The lowest BCUT2D eigenvalue weighted by Crippen LogP contribution is -2.54. The molecule has 0 bridgehead atoms. The predicted molar refractivity (Wildman–Crippen MR) is 113 cm³/mol. The highest BCUT2D eigenvalue weighted by Gasteiger charge is 2.35. The van der Waals surface area contributed by atoms with Crippen molar-refractivity contribution in [2.45, 2.75) is 63.6 Å². The summed E-state index contributed by atoms with van der Waals surface area (Å²) in [7, 11) is 2.27. The average Bonchev–Trinajstić information content (AvgIpc) is 2.64. The summed E-state index contributed by atoms with van der Waals surface area (Å²) < 4.78 is 39.9. The molecular formula is C22H30ClF3N3O+. The molecule has 2 N–H and O–H groups in total. The van der Waals surface area contributed by atoms with Crippen LogP contribution in [0.4, 0.5) is 23.7 Å². The first kappa shape index (κ1) is 22.9. The number of anilines is 1. The fraction of sp³-hybridized carbons (Fsp3) is 0.591. The van der Waals surface area contributed by atoms with Gasteiger partial charge < -0.3 is 10.6 Å². The number of nitrogens with zero attached hydrogens (tertiary/aromatic N) is 1. The lowest BCUT2D eigenvalue weighted by Gasteiger charge is -2.42. The topological polar surface area (TPSA) is 41.1 Å². The number of nitrogens with one attached hydrogen (secondary N) is 2. The predicted octanol–water partition coefficient (Wildman–Crippen LogP) is 6.33. The number of quaternary nitrogens is 1. The van der Waals surface area contributed by atoms with Gasteiger partial charge in [0.2, 0.25) is 0 Å². The molecule has 1 aliphatic carbocycles. The molecule has 2 aliphatic rings. The minimum absolute atomic E-state index is 0.0137. The number of piperidine rings is 1. The Labute approximate surface area is 181 Å². The molecule has 0 unspecified atom stereocenters. The van der Waals surface area contributed by atoms with Crippen LogP contribution in [-0.2, 0) is 6.18 Å². The van der Waals surface area contributed by atoms with Crippen LogP contribution in [0.1, 0.15) is 56.9 Å². The van der Waals surface area contributed by atoms with E-state index in [0.717, 1.165) is 55.4 Å². The van der Waals surface area contributed by atoms with E-state index in [9.17, 15) is 18.0 Å². The molecule has 166 valence electrons. The second kappa shape index (κ2) is 9.60. The Bertz CT molecular complexity index is 786. The van der Waals surface area contributed by atoms with Gasteiger partial charge in [-0.1, -0.05) is 24.4 Å². The molecule has 30 heavy (non-hydrogen) atoms. The van der Waals surface area contributed by atoms with Crippen LogP contribution in [0.3, 0.4) is 0 Å². The Morgan fingerprint density at radius 3 is 2.53 bits per heavy atom. The average molecular weight is 445 g/mol. The summed E-state index contributed by atoms with van der Waals surface area (Å²) in [5.74, 6) is 0. The van der Waals surface area contributed by atoms with Crippen molar-refractivity contribution in [3.8, 4) is 0 Å². The standard InChI is InChI=1S/C22H29ClF3N3O/c1-29(18-7-5-3-2-4-6-8-18)13-11-16(12-14-29)27-21(30)28-17-9-10-20(23)19(15-17)22(24,25)26/h7,9-10,15-16H,2-6,8,11-14H2,1H3,(H-,27,28,30)/p+1. The molecule has 1 saturated heterocycles. The third kappa shape index (κ3) is 5.91. The number of alkyl halides is 3. The van der Waals surface area contributed by atoms with E-state index in [2.05, 4.69) is 23.8 Å². The fourth-order valence-corrected chi connectivity index (χ4v) is 4.63. The molecule has 0 spiro atoms. The third-order valence-electron chi connectivity index (χ3n) is 6.27. The first-order valence-corrected chi connectivity index (χ1v) is 11.0. The molecule has 8 heteroatoms. The van der Waals surface area contributed by atoms with Crippen molar-refractivity contribution in [2.24, 2.45) is 0 Å². The highest BCUT2D eigenvalue weighted by molar-refractivity contribution is 6.31. The van der Waals surface area contributed by atoms with Crippen LogP contribution >= 0.6 is 11.6 Å². The van der Waals surface area contributed by atoms with Gasteiger partial charge >= 0.3 is 12.2 Å². The van der Waals surface area contributed by atoms with Crippen molar-refractivity contribution < 1.29 is 22.4 Å². The molecule has 0 atom stereocenters. The van der Waals surface area contributed by atoms with Gasteiger partial charge in [0.05, 0.1) is 30.7 Å². The maximum absolute atomic E-state index is 13.0. The molecule has 1 aromatic rings. The highest BCUT2D eigenvalue weighted by atomic mass is 35.5. The van der Waals surface area contributed by atoms with Crippen molar-refractivity contribution in [2.75, 3.05) is 25.5 Å². The Morgan fingerprint density at radius 1 is 1.13 bits per heavy atom. The number of rotatable bonds is 3. The number of halogens is 4. The van der Waals surface area contributed by atoms with E-state index in [-0.39, 0.29) is 16.8 Å². The van der Waals surface area contributed by atoms with Crippen LogP contribution in [0.25, 0.3) is 0 Å². The van der Waals surface area contributed by atoms with Crippen molar-refractivity contribution in [1.82, 2.24) is 5.32 Å². The quantitative estimate of drug-likeness (QED) is 0.525. The number of likely N-dealkylation sites (tertiary alicyclic amines) is 1. The van der Waals surface area contributed by atoms with Crippen LogP contribution in [0, 0.1) is 0 Å². The van der Waals surface area contributed by atoms with E-state index in [1.807, 2.05) is 0 Å². The Balaban J connectivity index is 1.54. The molecule has 2 amide bonds. The molecule has 1 aromatic carbocycles. The van der Waals surface area contributed by atoms with Gasteiger partial charge in [0.1, 0.15) is 5.70 Å². The summed E-state index contributed by atoms with van der Waals surface area (Å²) in [6, 6.07) is 2.90. The van der Waals surface area contributed by atoms with Gasteiger partial charge in [0, 0.05) is 31.0 Å². The molecule has 1 aliphatic heterocycles. The lowest BCUT2D eigenvalue weighted by atomic mass is 9.97. The molecule has 0 aromatic heterocycles. The van der Waals surface area contributed by atoms with Crippen molar-refractivity contribution >= 4 is 23.3 Å². The van der Waals surface area contributed by atoms with Crippen molar-refractivity contribution in [3.05, 3.63) is 40.6 Å². The number of urea groups is 1. The molecule has 3 rings (SSSR count). The summed E-state index contributed by atoms with van der Waals surface area (Å²) in [5.41, 5.74) is 0.624. The van der Waals surface area contributed by atoms with Crippen LogP contribution in [0.15, 0.2) is 30.0 Å². The van der Waals surface area contributed by atoms with Gasteiger partial charge in [-0.2, -0.15) is 13.2 Å². The monoisotopic (exact) mass is 444 g/mol. The lowest BCUT2D eigenvalue weighted by molar-refractivity contribution is -0.879. The maximum Gasteiger partial charge on any atom is 0.417 e. The normalized spacial score (nSPS) is 25.6. The Morgan fingerprint density at radius 2 is 1.83 bits per heavy atom. The summed E-state index contributed by atoms with van der Waals surface area (Å²) in [5, 5.41) is 5.02. The van der Waals surface area contributed by atoms with E-state index in [0.29, 0.717) is 0 Å². The fourth-order valence-electron chi connectivity index (χ4n) is 4.41. The van der Waals surface area contributed by atoms with Gasteiger partial charge in [-0.15, -0.1) is 0 Å². The molecule has 0 saturated carbocycles. The van der Waals surface area contributed by atoms with E-state index >= 15 is 0 Å². The summed E-state index contributed by atoms with van der Waals surface area (Å²) in [6.45, 7) is 1.91. The zero-order chi connectivity index (χ0) is 21.8. The molecule has 1 fully saturated rings. The van der Waals surface area contributed by atoms with E-state index in [1.54, 1.807) is 0 Å². The van der Waals surface area contributed by atoms with Crippen LogP contribution in [0.2, 0.25) is 5.02 Å². The minimum Gasteiger partial charge on any atom is -0.335 e. The Hall–Kier alpha value is -1.73. The van der Waals surface area contributed by atoms with Gasteiger partial charge in [-0.05, 0) is 43.5 Å². The van der Waals surface area contributed by atoms with E-state index in [4.69, 9.17) is 11.6 Å². The SMILES string of the molecule is C[N+]1(C2=CCCCCCC2)CCC(NC(=O)Nc2ccc(Cl)c(C(F)(F)F)c2)CC1. The largest absolute Gasteiger partial charge is 0.417 e. The molecular weight excluding hydrogens is 415 g/mol. The number of carbonyl (C=O) groups excluding carboxylic acids is 1. The second-order valence-electron chi connectivity index (χ2n) is 8.56.